The Hall–Kier alpha value is -2.94. The van der Waals surface area contributed by atoms with Crippen molar-refractivity contribution >= 4 is 23.6 Å². The number of ether oxygens (including phenoxy) is 2. The number of alkyl halides is 3. The molecule has 1 atom stereocenters. The largest absolute Gasteiger partial charge is 0.484 e. The van der Waals surface area contributed by atoms with Gasteiger partial charge in [-0.15, -0.1) is 0 Å². The van der Waals surface area contributed by atoms with Gasteiger partial charge in [-0.2, -0.15) is 13.2 Å². The number of benzene rings is 2. The van der Waals surface area contributed by atoms with E-state index in [0.29, 0.717) is 16.1 Å². The van der Waals surface area contributed by atoms with Crippen molar-refractivity contribution in [3.63, 3.8) is 0 Å². The van der Waals surface area contributed by atoms with E-state index in [2.05, 4.69) is 15.4 Å². The molecule has 6 nitrogen and oxygen atoms in total. The summed E-state index contributed by atoms with van der Waals surface area (Å²) < 4.78 is 46.2. The molecule has 0 spiro atoms. The first-order chi connectivity index (χ1) is 14.2. The molecule has 2 aromatic carbocycles. The second-order valence-electron chi connectivity index (χ2n) is 6.23. The van der Waals surface area contributed by atoms with Crippen LogP contribution in [0, 0.1) is 0 Å². The van der Waals surface area contributed by atoms with E-state index in [0.717, 1.165) is 0 Å². The van der Waals surface area contributed by atoms with Gasteiger partial charge in [0.15, 0.2) is 6.61 Å². The van der Waals surface area contributed by atoms with E-state index in [-0.39, 0.29) is 18.7 Å². The van der Waals surface area contributed by atoms with Crippen molar-refractivity contribution in [2.45, 2.75) is 25.2 Å². The first kappa shape index (κ1) is 23.3. The summed E-state index contributed by atoms with van der Waals surface area (Å²) in [6.07, 6.45) is -4.57. The van der Waals surface area contributed by atoms with Crippen molar-refractivity contribution in [1.82, 2.24) is 10.6 Å². The molecule has 0 aromatic heterocycles. The molecule has 1 unspecified atom stereocenters. The lowest BCUT2D eigenvalue weighted by atomic mass is 10.0. The van der Waals surface area contributed by atoms with E-state index in [4.69, 9.17) is 16.3 Å². The maximum absolute atomic E-state index is 12.3. The lowest BCUT2D eigenvalue weighted by molar-refractivity contribution is -0.153. The van der Waals surface area contributed by atoms with Crippen LogP contribution in [-0.4, -0.2) is 31.9 Å². The number of amides is 2. The molecule has 162 valence electrons. The van der Waals surface area contributed by atoms with Crippen molar-refractivity contribution < 1.29 is 32.2 Å². The average molecular weight is 445 g/mol. The normalized spacial score (nSPS) is 12.0. The Morgan fingerprint density at radius 3 is 2.53 bits per heavy atom. The quantitative estimate of drug-likeness (QED) is 0.592. The number of urea groups is 1. The van der Waals surface area contributed by atoms with Gasteiger partial charge in [-0.1, -0.05) is 41.9 Å². The predicted molar refractivity (Wildman–Crippen MR) is 104 cm³/mol. The third-order valence-corrected chi connectivity index (χ3v) is 4.28. The average Bonchev–Trinajstić information content (AvgIpc) is 2.70. The van der Waals surface area contributed by atoms with Gasteiger partial charge in [0.2, 0.25) is 0 Å². The molecule has 30 heavy (non-hydrogen) atoms. The Balaban J connectivity index is 1.99. The van der Waals surface area contributed by atoms with Gasteiger partial charge in [0.25, 0.3) is 0 Å². The van der Waals surface area contributed by atoms with Gasteiger partial charge >= 0.3 is 18.2 Å². The van der Waals surface area contributed by atoms with Crippen LogP contribution < -0.4 is 15.4 Å². The van der Waals surface area contributed by atoms with Crippen molar-refractivity contribution in [2.24, 2.45) is 0 Å². The third-order valence-electron chi connectivity index (χ3n) is 3.94. The number of carbonyl (C=O) groups excluding carboxylic acids is 2. The maximum Gasteiger partial charge on any atom is 0.422 e. The molecule has 2 rings (SSSR count). The number of esters is 1. The Bertz CT molecular complexity index is 877. The molecule has 0 heterocycles. The molecule has 0 saturated carbocycles. The molecule has 10 heteroatoms. The van der Waals surface area contributed by atoms with Crippen LogP contribution in [0.15, 0.2) is 48.5 Å². The topological polar surface area (TPSA) is 76.7 Å². The summed E-state index contributed by atoms with van der Waals surface area (Å²) in [6, 6.07) is 11.4. The highest BCUT2D eigenvalue weighted by Gasteiger charge is 2.28. The van der Waals surface area contributed by atoms with Crippen LogP contribution in [0.25, 0.3) is 0 Å². The molecule has 0 aliphatic carbocycles. The standard InChI is InChI=1S/C20H20ClF3N2O4/c1-29-18(27)10-17(15-7-2-3-8-16(15)21)26-19(28)25-11-13-5-4-6-14(9-13)30-12-20(22,23)24/h2-9,17H,10-12H2,1H3,(H2,25,26,28). The number of methoxy groups -OCH3 is 1. The number of carbonyl (C=O) groups is 2. The van der Waals surface area contributed by atoms with Crippen LogP contribution in [0.4, 0.5) is 18.0 Å². The number of hydrogen-bond donors (Lipinski definition) is 2. The highest BCUT2D eigenvalue weighted by atomic mass is 35.5. The highest BCUT2D eigenvalue weighted by Crippen LogP contribution is 2.25. The molecular weight excluding hydrogens is 425 g/mol. The molecular formula is C20H20ClF3N2O4. The maximum atomic E-state index is 12.3. The first-order valence-electron chi connectivity index (χ1n) is 8.82. The zero-order valence-corrected chi connectivity index (χ0v) is 16.7. The zero-order chi connectivity index (χ0) is 22.1. The first-order valence-corrected chi connectivity index (χ1v) is 9.20. The van der Waals surface area contributed by atoms with Crippen molar-refractivity contribution in [3.05, 3.63) is 64.7 Å². The van der Waals surface area contributed by atoms with Crippen LogP contribution in [0.1, 0.15) is 23.6 Å². The molecule has 2 amide bonds. The van der Waals surface area contributed by atoms with Crippen LogP contribution in [0.5, 0.6) is 5.75 Å². The van der Waals surface area contributed by atoms with Crippen molar-refractivity contribution in [1.29, 1.82) is 0 Å². The molecule has 0 radical (unpaired) electrons. The van der Waals surface area contributed by atoms with E-state index in [9.17, 15) is 22.8 Å². The van der Waals surface area contributed by atoms with Crippen LogP contribution in [-0.2, 0) is 16.1 Å². The Morgan fingerprint density at radius 2 is 1.87 bits per heavy atom. The van der Waals surface area contributed by atoms with Gasteiger partial charge in [-0.3, -0.25) is 4.79 Å². The molecule has 0 saturated heterocycles. The third kappa shape index (κ3) is 7.82. The second-order valence-corrected chi connectivity index (χ2v) is 6.64. The Morgan fingerprint density at radius 1 is 1.13 bits per heavy atom. The van der Waals surface area contributed by atoms with Gasteiger partial charge in [-0.05, 0) is 29.3 Å². The fourth-order valence-electron chi connectivity index (χ4n) is 2.55. The van der Waals surface area contributed by atoms with Crippen LogP contribution >= 0.6 is 11.6 Å². The fraction of sp³-hybridized carbons (Fsp3) is 0.300. The van der Waals surface area contributed by atoms with E-state index < -0.39 is 30.8 Å². The van der Waals surface area contributed by atoms with Crippen molar-refractivity contribution in [2.75, 3.05) is 13.7 Å². The Labute approximate surface area is 176 Å². The smallest absolute Gasteiger partial charge is 0.422 e. The number of nitrogens with one attached hydrogen (secondary N) is 2. The minimum atomic E-state index is -4.44. The number of rotatable bonds is 8. The SMILES string of the molecule is COC(=O)CC(NC(=O)NCc1cccc(OCC(F)(F)F)c1)c1ccccc1Cl. The predicted octanol–water partition coefficient (Wildman–Crippen LogP) is 4.38. The van der Waals surface area contributed by atoms with E-state index in [1.807, 2.05) is 0 Å². The highest BCUT2D eigenvalue weighted by molar-refractivity contribution is 6.31. The second kappa shape index (κ2) is 10.7. The van der Waals surface area contributed by atoms with Gasteiger partial charge in [0, 0.05) is 11.6 Å². The molecule has 2 N–H and O–H groups in total. The summed E-state index contributed by atoms with van der Waals surface area (Å²) in [4.78, 5) is 24.0. The lowest BCUT2D eigenvalue weighted by Gasteiger charge is -2.20. The van der Waals surface area contributed by atoms with Crippen LogP contribution in [0.3, 0.4) is 0 Å². The fourth-order valence-corrected chi connectivity index (χ4v) is 2.82. The van der Waals surface area contributed by atoms with Crippen LogP contribution in [0.2, 0.25) is 5.02 Å². The van der Waals surface area contributed by atoms with Gasteiger partial charge in [0.1, 0.15) is 5.75 Å². The minimum absolute atomic E-state index is 0.0303. The molecule has 2 aromatic rings. The van der Waals surface area contributed by atoms with Crippen molar-refractivity contribution in [3.8, 4) is 5.75 Å². The summed E-state index contributed by atoms with van der Waals surface area (Å²) in [5, 5.41) is 5.62. The molecule has 0 aliphatic heterocycles. The lowest BCUT2D eigenvalue weighted by Crippen LogP contribution is -2.38. The van der Waals surface area contributed by atoms with E-state index >= 15 is 0 Å². The minimum Gasteiger partial charge on any atom is -0.484 e. The molecule has 0 bridgehead atoms. The summed E-state index contributed by atoms with van der Waals surface area (Å²) in [5.74, 6) is -0.499. The van der Waals surface area contributed by atoms with Gasteiger partial charge in [-0.25, -0.2) is 4.79 Å². The zero-order valence-electron chi connectivity index (χ0n) is 16.0. The summed E-state index contributed by atoms with van der Waals surface area (Å²) >= 11 is 6.16. The number of halogens is 4. The molecule has 0 fully saturated rings. The number of hydrogen-bond acceptors (Lipinski definition) is 4. The monoisotopic (exact) mass is 444 g/mol. The summed E-state index contributed by atoms with van der Waals surface area (Å²) in [7, 11) is 1.24. The van der Waals surface area contributed by atoms with Gasteiger partial charge < -0.3 is 20.1 Å². The molecule has 0 aliphatic rings. The van der Waals surface area contributed by atoms with Gasteiger partial charge in [0.05, 0.1) is 19.6 Å². The summed E-state index contributed by atoms with van der Waals surface area (Å²) in [5.41, 5.74) is 1.08. The Kier molecular flexibility index (Phi) is 8.35. The van der Waals surface area contributed by atoms with E-state index in [1.54, 1.807) is 30.3 Å². The van der Waals surface area contributed by atoms with E-state index in [1.165, 1.54) is 25.3 Å². The summed E-state index contributed by atoms with van der Waals surface area (Å²) in [6.45, 7) is -1.38.